The highest BCUT2D eigenvalue weighted by Gasteiger charge is 2.42. The molecule has 0 saturated carbocycles. The number of thiophene rings is 1. The van der Waals surface area contributed by atoms with Gasteiger partial charge in [0.15, 0.2) is 5.17 Å². The number of sulfonamides is 1. The summed E-state index contributed by atoms with van der Waals surface area (Å²) in [5.41, 5.74) is 2.16. The second-order valence-electron chi connectivity index (χ2n) is 9.21. The molecule has 41 heavy (non-hydrogen) atoms. The maximum atomic E-state index is 13.0. The number of nitrogens with zero attached hydrogens (tertiary/aromatic N) is 3. The lowest BCUT2D eigenvalue weighted by Crippen LogP contribution is -2.46. The van der Waals surface area contributed by atoms with Crippen LogP contribution in [-0.4, -0.2) is 60.4 Å². The van der Waals surface area contributed by atoms with Gasteiger partial charge in [0, 0.05) is 17.0 Å². The molecule has 0 spiro atoms. The number of carbonyl (C=O) groups excluding carboxylic acids is 3. The molecule has 0 bridgehead atoms. The molecule has 0 radical (unpaired) electrons. The van der Waals surface area contributed by atoms with Crippen molar-refractivity contribution in [2.75, 3.05) is 12.3 Å². The van der Waals surface area contributed by atoms with E-state index in [4.69, 9.17) is 10.1 Å². The molecule has 3 amide bonds. The van der Waals surface area contributed by atoms with Gasteiger partial charge in [-0.25, -0.2) is 18.5 Å². The molecule has 4 N–H and O–H groups in total. The van der Waals surface area contributed by atoms with Crippen LogP contribution in [0.15, 0.2) is 80.9 Å². The van der Waals surface area contributed by atoms with Gasteiger partial charge in [-0.3, -0.25) is 19.3 Å². The van der Waals surface area contributed by atoms with Crippen LogP contribution in [0.1, 0.15) is 22.4 Å². The lowest BCUT2D eigenvalue weighted by atomic mass is 10.1. The minimum atomic E-state index is -3.76. The molecule has 14 heteroatoms. The summed E-state index contributed by atoms with van der Waals surface area (Å²) >= 11 is 2.69. The molecule has 0 aliphatic carbocycles. The average Bonchev–Trinajstić information content (AvgIpc) is 3.58. The largest absolute Gasteiger partial charge is 0.355 e. The number of para-hydroxylation sites is 1. The molecule has 3 aromatic rings. The van der Waals surface area contributed by atoms with Crippen molar-refractivity contribution in [1.29, 1.82) is 0 Å². The van der Waals surface area contributed by atoms with E-state index in [-0.39, 0.29) is 28.9 Å². The Morgan fingerprint density at radius 2 is 1.78 bits per heavy atom. The Hall–Kier alpha value is -3.85. The summed E-state index contributed by atoms with van der Waals surface area (Å²) in [6.45, 7) is 0.714. The van der Waals surface area contributed by atoms with E-state index in [1.807, 2.05) is 41.8 Å². The third-order valence-electron chi connectivity index (χ3n) is 6.35. The summed E-state index contributed by atoms with van der Waals surface area (Å²) in [6, 6.07) is 16.4. The predicted molar refractivity (Wildman–Crippen MR) is 158 cm³/mol. The SMILES string of the molecule is NS(=O)(=O)c1ccc(CCNC(=O)CSC2=Nc3ccccc3C3=NC(=O)C(CC(=O)NCc4cccs4)N23)cc1. The molecule has 1 aromatic heterocycles. The van der Waals surface area contributed by atoms with E-state index in [0.29, 0.717) is 41.8 Å². The molecule has 1 unspecified atom stereocenters. The van der Waals surface area contributed by atoms with E-state index in [9.17, 15) is 22.8 Å². The van der Waals surface area contributed by atoms with E-state index in [2.05, 4.69) is 15.6 Å². The predicted octanol–water partition coefficient (Wildman–Crippen LogP) is 2.15. The molecule has 3 heterocycles. The molecule has 2 aromatic carbocycles. The summed E-state index contributed by atoms with van der Waals surface area (Å²) in [7, 11) is -3.76. The molecular weight excluding hydrogens is 585 g/mol. The standard InChI is InChI=1S/C27H26N6O5S3/c28-41(37,38)19-9-7-17(8-10-19)11-12-29-24(35)16-40-27-31-21-6-2-1-5-20(21)25-32-26(36)22(33(25)27)14-23(34)30-15-18-4-3-13-39-18/h1-10,13,22H,11-12,14-16H2,(H,29,35)(H,30,34)(H2,28,37,38). The number of benzene rings is 2. The minimum absolute atomic E-state index is 0.0260. The first-order chi connectivity index (χ1) is 19.7. The number of hydrogen-bond donors (Lipinski definition) is 3. The normalized spacial score (nSPS) is 16.0. The van der Waals surface area contributed by atoms with Crippen molar-refractivity contribution in [2.45, 2.75) is 30.3 Å². The van der Waals surface area contributed by atoms with Gasteiger partial charge in [0.05, 0.1) is 29.3 Å². The van der Waals surface area contributed by atoms with Gasteiger partial charge in [-0.1, -0.05) is 42.1 Å². The fourth-order valence-corrected chi connectivity index (χ4v) is 6.36. The van der Waals surface area contributed by atoms with E-state index in [0.717, 1.165) is 22.2 Å². The number of aliphatic imine (C=N–C) groups is 2. The zero-order chi connectivity index (χ0) is 29.0. The summed E-state index contributed by atoms with van der Waals surface area (Å²) in [4.78, 5) is 50.0. The van der Waals surface area contributed by atoms with Crippen molar-refractivity contribution < 1.29 is 22.8 Å². The molecule has 2 aliphatic heterocycles. The second-order valence-corrected chi connectivity index (χ2v) is 12.7. The van der Waals surface area contributed by atoms with Crippen LogP contribution in [0.25, 0.3) is 0 Å². The zero-order valence-electron chi connectivity index (χ0n) is 21.6. The Morgan fingerprint density at radius 3 is 2.51 bits per heavy atom. The summed E-state index contributed by atoms with van der Waals surface area (Å²) < 4.78 is 22.8. The Bertz CT molecular complexity index is 1640. The molecule has 5 rings (SSSR count). The third kappa shape index (κ3) is 6.90. The highest BCUT2D eigenvalue weighted by Crippen LogP contribution is 2.34. The van der Waals surface area contributed by atoms with Crippen LogP contribution in [0.3, 0.4) is 0 Å². The molecular formula is C27H26N6O5S3. The maximum Gasteiger partial charge on any atom is 0.271 e. The highest BCUT2D eigenvalue weighted by atomic mass is 32.2. The Balaban J connectivity index is 1.21. The number of amides is 3. The number of primary sulfonamides is 1. The van der Waals surface area contributed by atoms with Gasteiger partial charge in [0.25, 0.3) is 5.91 Å². The fraction of sp³-hybridized carbons (Fsp3) is 0.222. The van der Waals surface area contributed by atoms with Crippen molar-refractivity contribution >= 4 is 67.5 Å². The molecule has 0 fully saturated rings. The maximum absolute atomic E-state index is 13.0. The van der Waals surface area contributed by atoms with Crippen LogP contribution in [-0.2, 0) is 37.4 Å². The Morgan fingerprint density at radius 1 is 1.00 bits per heavy atom. The Kier molecular flexibility index (Phi) is 8.63. The molecule has 2 aliphatic rings. The van der Waals surface area contributed by atoms with Gasteiger partial charge >= 0.3 is 0 Å². The van der Waals surface area contributed by atoms with Gasteiger partial charge in [-0.15, -0.1) is 11.3 Å². The Labute approximate surface area is 245 Å². The van der Waals surface area contributed by atoms with E-state index in [1.54, 1.807) is 17.0 Å². The first-order valence-electron chi connectivity index (χ1n) is 12.6. The molecule has 212 valence electrons. The van der Waals surface area contributed by atoms with Gasteiger partial charge in [0.2, 0.25) is 21.8 Å². The van der Waals surface area contributed by atoms with Crippen molar-refractivity contribution in [3.05, 3.63) is 82.0 Å². The lowest BCUT2D eigenvalue weighted by molar-refractivity contribution is -0.126. The van der Waals surface area contributed by atoms with Gasteiger partial charge in [-0.05, 0) is 47.7 Å². The first-order valence-corrected chi connectivity index (χ1v) is 16.0. The molecule has 0 saturated heterocycles. The molecule has 11 nitrogen and oxygen atoms in total. The number of amidine groups is 2. The summed E-state index contributed by atoms with van der Waals surface area (Å²) in [5.74, 6) is -0.518. The van der Waals surface area contributed by atoms with Crippen LogP contribution in [0.2, 0.25) is 0 Å². The average molecular weight is 611 g/mol. The number of nitrogens with one attached hydrogen (secondary N) is 2. The van der Waals surface area contributed by atoms with Crippen molar-refractivity contribution in [1.82, 2.24) is 15.5 Å². The minimum Gasteiger partial charge on any atom is -0.355 e. The second kappa shape index (κ2) is 12.3. The number of fused-ring (bicyclic) bond motifs is 3. The summed E-state index contributed by atoms with van der Waals surface area (Å²) in [6.07, 6.45) is 0.394. The van der Waals surface area contributed by atoms with Crippen LogP contribution >= 0.6 is 23.1 Å². The quantitative estimate of drug-likeness (QED) is 0.317. The van der Waals surface area contributed by atoms with Crippen molar-refractivity contribution in [3.8, 4) is 0 Å². The smallest absolute Gasteiger partial charge is 0.271 e. The van der Waals surface area contributed by atoms with Crippen LogP contribution in [0.4, 0.5) is 5.69 Å². The van der Waals surface area contributed by atoms with Crippen molar-refractivity contribution in [3.63, 3.8) is 0 Å². The zero-order valence-corrected chi connectivity index (χ0v) is 24.1. The van der Waals surface area contributed by atoms with Gasteiger partial charge < -0.3 is 10.6 Å². The van der Waals surface area contributed by atoms with Crippen LogP contribution in [0.5, 0.6) is 0 Å². The van der Waals surface area contributed by atoms with Gasteiger partial charge in [-0.2, -0.15) is 4.99 Å². The highest BCUT2D eigenvalue weighted by molar-refractivity contribution is 8.14. The number of nitrogens with two attached hydrogens (primary N) is 1. The van der Waals surface area contributed by atoms with Gasteiger partial charge in [0.1, 0.15) is 11.9 Å². The van der Waals surface area contributed by atoms with Crippen LogP contribution < -0.4 is 15.8 Å². The lowest BCUT2D eigenvalue weighted by Gasteiger charge is -2.30. The first kappa shape index (κ1) is 28.7. The molecule has 1 atom stereocenters. The third-order valence-corrected chi connectivity index (χ3v) is 9.11. The topological polar surface area (TPSA) is 163 Å². The number of hydrogen-bond acceptors (Lipinski definition) is 9. The van der Waals surface area contributed by atoms with E-state index in [1.165, 1.54) is 23.5 Å². The monoisotopic (exact) mass is 610 g/mol. The summed E-state index contributed by atoms with van der Waals surface area (Å²) in [5, 5.41) is 13.2. The van der Waals surface area contributed by atoms with E-state index >= 15 is 0 Å². The number of thioether (sulfide) groups is 1. The van der Waals surface area contributed by atoms with Crippen molar-refractivity contribution in [2.24, 2.45) is 15.1 Å². The number of carbonyl (C=O) groups is 3. The number of rotatable bonds is 10. The van der Waals surface area contributed by atoms with Crippen LogP contribution in [0, 0.1) is 0 Å². The fourth-order valence-electron chi connectivity index (χ4n) is 4.32. The van der Waals surface area contributed by atoms with E-state index < -0.39 is 22.0 Å².